The normalized spacial score (nSPS) is 26.4. The lowest BCUT2D eigenvalue weighted by Crippen LogP contribution is -2.23. The van der Waals surface area contributed by atoms with Crippen LogP contribution in [0.2, 0.25) is 0 Å². The number of hydrogen-bond acceptors (Lipinski definition) is 3. The van der Waals surface area contributed by atoms with Crippen LogP contribution in [0.4, 0.5) is 0 Å². The number of hydrogen-bond donors (Lipinski definition) is 0. The predicted molar refractivity (Wildman–Crippen MR) is 50.7 cm³/mol. The summed E-state index contributed by atoms with van der Waals surface area (Å²) in [5, 5.41) is 0. The van der Waals surface area contributed by atoms with Crippen molar-refractivity contribution < 1.29 is 9.53 Å². The van der Waals surface area contributed by atoms with Crippen LogP contribution < -0.4 is 0 Å². The van der Waals surface area contributed by atoms with Gasteiger partial charge in [0.05, 0.1) is 12.4 Å². The molecule has 1 aromatic heterocycles. The van der Waals surface area contributed by atoms with Crippen LogP contribution in [0.25, 0.3) is 0 Å². The fourth-order valence-electron chi connectivity index (χ4n) is 2.06. The van der Waals surface area contributed by atoms with Crippen molar-refractivity contribution in [1.29, 1.82) is 0 Å². The van der Waals surface area contributed by atoms with Crippen LogP contribution in [0.1, 0.15) is 32.2 Å². The fraction of sp³-hybridized carbons (Fsp3) is 0.600. The highest BCUT2D eigenvalue weighted by molar-refractivity contribution is 5.66. The van der Waals surface area contributed by atoms with Crippen molar-refractivity contribution in [3.63, 3.8) is 0 Å². The van der Waals surface area contributed by atoms with Crippen molar-refractivity contribution in [2.75, 3.05) is 0 Å². The minimum Gasteiger partial charge on any atom is -0.460 e. The summed E-state index contributed by atoms with van der Waals surface area (Å²) in [6.45, 7) is 1.46. The molecule has 0 radical (unpaired) electrons. The number of esters is 1. The van der Waals surface area contributed by atoms with Gasteiger partial charge in [0.1, 0.15) is 6.10 Å². The van der Waals surface area contributed by atoms with E-state index in [1.54, 1.807) is 12.5 Å². The van der Waals surface area contributed by atoms with Crippen LogP contribution in [0, 0.1) is 0 Å². The van der Waals surface area contributed by atoms with Crippen molar-refractivity contribution in [1.82, 2.24) is 9.55 Å². The van der Waals surface area contributed by atoms with E-state index in [0.717, 1.165) is 19.3 Å². The third kappa shape index (κ3) is 1.78. The molecule has 1 aliphatic carbocycles. The Morgan fingerprint density at radius 3 is 3.07 bits per heavy atom. The van der Waals surface area contributed by atoms with Crippen molar-refractivity contribution in [2.24, 2.45) is 0 Å². The van der Waals surface area contributed by atoms with E-state index < -0.39 is 0 Å². The van der Waals surface area contributed by atoms with Crippen molar-refractivity contribution >= 4 is 5.97 Å². The van der Waals surface area contributed by atoms with E-state index in [1.165, 1.54) is 6.92 Å². The smallest absolute Gasteiger partial charge is 0.302 e. The van der Waals surface area contributed by atoms with Gasteiger partial charge in [-0.2, -0.15) is 0 Å². The number of aromatic nitrogens is 2. The van der Waals surface area contributed by atoms with Crippen LogP contribution in [0.15, 0.2) is 18.7 Å². The minimum absolute atomic E-state index is 0.0294. The maximum absolute atomic E-state index is 10.9. The maximum Gasteiger partial charge on any atom is 0.302 e. The maximum atomic E-state index is 10.9. The Morgan fingerprint density at radius 2 is 2.43 bits per heavy atom. The first-order valence-electron chi connectivity index (χ1n) is 4.92. The molecule has 76 valence electrons. The molecule has 1 fully saturated rings. The van der Waals surface area contributed by atoms with Gasteiger partial charge in [0.2, 0.25) is 0 Å². The number of carbonyl (C=O) groups is 1. The molecular formula is C10H14N2O2. The summed E-state index contributed by atoms with van der Waals surface area (Å²) < 4.78 is 7.29. The van der Waals surface area contributed by atoms with Crippen LogP contribution in [0.3, 0.4) is 0 Å². The van der Waals surface area contributed by atoms with E-state index in [4.69, 9.17) is 4.74 Å². The van der Waals surface area contributed by atoms with E-state index in [2.05, 4.69) is 4.98 Å². The summed E-state index contributed by atoms with van der Waals surface area (Å²) in [7, 11) is 0. The molecule has 0 aromatic carbocycles. The highest BCUT2D eigenvalue weighted by Gasteiger charge is 2.30. The third-order valence-electron chi connectivity index (χ3n) is 2.64. The largest absolute Gasteiger partial charge is 0.460 e. The molecule has 1 aromatic rings. The van der Waals surface area contributed by atoms with E-state index in [9.17, 15) is 4.79 Å². The first-order chi connectivity index (χ1) is 6.77. The zero-order chi connectivity index (χ0) is 9.97. The highest BCUT2D eigenvalue weighted by Crippen LogP contribution is 2.32. The van der Waals surface area contributed by atoms with Gasteiger partial charge in [-0.3, -0.25) is 4.79 Å². The van der Waals surface area contributed by atoms with Crippen LogP contribution in [-0.2, 0) is 9.53 Å². The Bertz CT molecular complexity index is 308. The summed E-state index contributed by atoms with van der Waals surface area (Å²) in [6.07, 6.45) is 8.63. The molecule has 4 nitrogen and oxygen atoms in total. The number of nitrogens with zero attached hydrogens (tertiary/aromatic N) is 2. The van der Waals surface area contributed by atoms with Gasteiger partial charge in [-0.15, -0.1) is 0 Å². The van der Waals surface area contributed by atoms with Crippen molar-refractivity contribution in [3.8, 4) is 0 Å². The van der Waals surface area contributed by atoms with E-state index in [-0.39, 0.29) is 18.1 Å². The second-order valence-corrected chi connectivity index (χ2v) is 3.66. The Balaban J connectivity index is 2.07. The fourth-order valence-corrected chi connectivity index (χ4v) is 2.06. The Hall–Kier alpha value is -1.32. The van der Waals surface area contributed by atoms with Gasteiger partial charge in [-0.1, -0.05) is 0 Å². The summed E-state index contributed by atoms with van der Waals surface area (Å²) in [5.74, 6) is -0.193. The first kappa shape index (κ1) is 9.24. The topological polar surface area (TPSA) is 44.1 Å². The lowest BCUT2D eigenvalue weighted by atomic mass is 10.2. The Morgan fingerprint density at radius 1 is 1.57 bits per heavy atom. The lowest BCUT2D eigenvalue weighted by molar-refractivity contribution is -0.147. The van der Waals surface area contributed by atoms with Crippen LogP contribution in [-0.4, -0.2) is 21.6 Å². The lowest BCUT2D eigenvalue weighted by Gasteiger charge is -2.20. The predicted octanol–water partition coefficient (Wildman–Crippen LogP) is 1.54. The second kappa shape index (κ2) is 3.82. The van der Waals surface area contributed by atoms with Crippen LogP contribution in [0.5, 0.6) is 0 Å². The number of rotatable bonds is 2. The molecule has 0 unspecified atom stereocenters. The van der Waals surface area contributed by atoms with E-state index in [1.807, 2.05) is 10.8 Å². The van der Waals surface area contributed by atoms with Gasteiger partial charge >= 0.3 is 5.97 Å². The Labute approximate surface area is 82.9 Å². The summed E-state index contributed by atoms with van der Waals surface area (Å²) in [6, 6.07) is 0.279. The van der Waals surface area contributed by atoms with E-state index in [0.29, 0.717) is 0 Å². The molecule has 1 saturated carbocycles. The third-order valence-corrected chi connectivity index (χ3v) is 2.64. The van der Waals surface area contributed by atoms with Gasteiger partial charge in [0.15, 0.2) is 0 Å². The van der Waals surface area contributed by atoms with Gasteiger partial charge in [0, 0.05) is 19.3 Å². The Kier molecular flexibility index (Phi) is 2.52. The first-order valence-corrected chi connectivity index (χ1v) is 4.92. The molecule has 2 rings (SSSR count). The summed E-state index contributed by atoms with van der Waals surface area (Å²) >= 11 is 0. The van der Waals surface area contributed by atoms with Gasteiger partial charge in [-0.25, -0.2) is 4.98 Å². The number of ether oxygens (including phenoxy) is 1. The molecule has 14 heavy (non-hydrogen) atoms. The molecule has 0 amide bonds. The molecule has 0 spiro atoms. The van der Waals surface area contributed by atoms with Crippen molar-refractivity contribution in [3.05, 3.63) is 18.7 Å². The van der Waals surface area contributed by atoms with E-state index >= 15 is 0 Å². The molecule has 0 aliphatic heterocycles. The standard InChI is InChI=1S/C10H14N2O2/c1-8(13)14-10-4-2-3-9(10)12-6-5-11-7-12/h5-7,9-10H,2-4H2,1H3/t9-,10-/m1/s1. The van der Waals surface area contributed by atoms with Gasteiger partial charge in [-0.05, 0) is 19.3 Å². The molecular weight excluding hydrogens is 180 g/mol. The zero-order valence-electron chi connectivity index (χ0n) is 8.22. The van der Waals surface area contributed by atoms with Crippen LogP contribution >= 0.6 is 0 Å². The number of imidazole rings is 1. The molecule has 1 aliphatic rings. The molecule has 0 bridgehead atoms. The average Bonchev–Trinajstić information content (AvgIpc) is 2.70. The second-order valence-electron chi connectivity index (χ2n) is 3.66. The number of carbonyl (C=O) groups excluding carboxylic acids is 1. The summed E-state index contributed by atoms with van der Waals surface area (Å²) in [4.78, 5) is 14.9. The highest BCUT2D eigenvalue weighted by atomic mass is 16.5. The zero-order valence-corrected chi connectivity index (χ0v) is 8.22. The molecule has 0 N–H and O–H groups in total. The molecule has 2 atom stereocenters. The molecule has 0 saturated heterocycles. The molecule has 1 heterocycles. The monoisotopic (exact) mass is 194 g/mol. The van der Waals surface area contributed by atoms with Gasteiger partial charge in [0.25, 0.3) is 0 Å². The summed E-state index contributed by atoms with van der Waals surface area (Å²) in [5.41, 5.74) is 0. The average molecular weight is 194 g/mol. The molecule has 4 heteroatoms. The SMILES string of the molecule is CC(=O)O[C@@H]1CCC[C@H]1n1ccnc1. The quantitative estimate of drug-likeness (QED) is 0.671. The minimum atomic E-state index is -0.193. The van der Waals surface area contributed by atoms with Gasteiger partial charge < -0.3 is 9.30 Å². The van der Waals surface area contributed by atoms with Crippen molar-refractivity contribution in [2.45, 2.75) is 38.3 Å².